The molecule has 0 heterocycles. The smallest absolute Gasteiger partial charge is 0.307 e. The first kappa shape index (κ1) is 15.0. The van der Waals surface area contributed by atoms with Crippen molar-refractivity contribution in [1.82, 2.24) is 5.32 Å². The Kier molecular flexibility index (Phi) is 4.57. The van der Waals surface area contributed by atoms with E-state index in [9.17, 15) is 14.4 Å². The van der Waals surface area contributed by atoms with Crippen LogP contribution >= 0.6 is 0 Å². The van der Waals surface area contributed by atoms with Crippen molar-refractivity contribution < 1.29 is 19.5 Å². The van der Waals surface area contributed by atoms with Crippen LogP contribution in [-0.2, 0) is 9.59 Å². The fraction of sp³-hybridized carbons (Fsp3) is 0.400. The number of amides is 2. The van der Waals surface area contributed by atoms with Crippen LogP contribution in [0.1, 0.15) is 29.6 Å². The number of anilines is 1. The van der Waals surface area contributed by atoms with Crippen molar-refractivity contribution in [3.05, 3.63) is 29.8 Å². The molecule has 6 nitrogen and oxygen atoms in total. The number of carbonyl (C=O) groups excluding carboxylic acids is 2. The summed E-state index contributed by atoms with van der Waals surface area (Å²) < 4.78 is 0. The van der Waals surface area contributed by atoms with Gasteiger partial charge >= 0.3 is 5.97 Å². The molecule has 6 heteroatoms. The molecule has 21 heavy (non-hydrogen) atoms. The highest BCUT2D eigenvalue weighted by Gasteiger charge is 2.37. The highest BCUT2D eigenvalue weighted by molar-refractivity contribution is 5.98. The number of carboxylic acids is 1. The van der Waals surface area contributed by atoms with Crippen molar-refractivity contribution >= 4 is 23.5 Å². The maximum absolute atomic E-state index is 12.2. The van der Waals surface area contributed by atoms with Gasteiger partial charge in [0, 0.05) is 18.3 Å². The van der Waals surface area contributed by atoms with Crippen LogP contribution in [0.2, 0.25) is 0 Å². The third-order valence-electron chi connectivity index (χ3n) is 3.79. The van der Waals surface area contributed by atoms with Crippen LogP contribution in [0.5, 0.6) is 0 Å². The van der Waals surface area contributed by atoms with E-state index < -0.39 is 17.8 Å². The summed E-state index contributed by atoms with van der Waals surface area (Å²) >= 11 is 0. The Morgan fingerprint density at radius 3 is 2.57 bits per heavy atom. The second-order valence-electron chi connectivity index (χ2n) is 5.13. The van der Waals surface area contributed by atoms with Crippen LogP contribution in [0.4, 0.5) is 5.69 Å². The monoisotopic (exact) mass is 290 g/mol. The van der Waals surface area contributed by atoms with Crippen LogP contribution in [0.25, 0.3) is 0 Å². The summed E-state index contributed by atoms with van der Waals surface area (Å²) in [5.74, 6) is -2.59. The lowest BCUT2D eigenvalue weighted by Crippen LogP contribution is -2.30. The van der Waals surface area contributed by atoms with Crippen LogP contribution in [0, 0.1) is 11.8 Å². The Hall–Kier alpha value is -2.37. The Morgan fingerprint density at radius 2 is 1.90 bits per heavy atom. The van der Waals surface area contributed by atoms with Gasteiger partial charge < -0.3 is 15.7 Å². The third-order valence-corrected chi connectivity index (χ3v) is 3.79. The fourth-order valence-corrected chi connectivity index (χ4v) is 2.69. The summed E-state index contributed by atoms with van der Waals surface area (Å²) in [6.45, 7) is 0. The lowest BCUT2D eigenvalue weighted by Gasteiger charge is -2.15. The molecule has 1 fully saturated rings. The molecule has 2 atom stereocenters. The van der Waals surface area contributed by atoms with E-state index in [2.05, 4.69) is 10.6 Å². The Balaban J connectivity index is 2.09. The zero-order valence-corrected chi connectivity index (χ0v) is 11.8. The van der Waals surface area contributed by atoms with Crippen molar-refractivity contribution in [2.75, 3.05) is 12.4 Å². The number of carbonyl (C=O) groups is 3. The highest BCUT2D eigenvalue weighted by atomic mass is 16.4. The highest BCUT2D eigenvalue weighted by Crippen LogP contribution is 2.32. The maximum atomic E-state index is 12.2. The zero-order chi connectivity index (χ0) is 15.4. The molecule has 0 aliphatic heterocycles. The normalized spacial score (nSPS) is 20.8. The van der Waals surface area contributed by atoms with E-state index in [1.165, 1.54) is 7.05 Å². The van der Waals surface area contributed by atoms with Crippen LogP contribution in [0.15, 0.2) is 24.3 Å². The van der Waals surface area contributed by atoms with Crippen molar-refractivity contribution in [2.24, 2.45) is 11.8 Å². The van der Waals surface area contributed by atoms with E-state index in [1.54, 1.807) is 24.3 Å². The van der Waals surface area contributed by atoms with Crippen molar-refractivity contribution in [3.63, 3.8) is 0 Å². The molecular weight excluding hydrogens is 272 g/mol. The van der Waals surface area contributed by atoms with Gasteiger partial charge in [-0.25, -0.2) is 0 Å². The van der Waals surface area contributed by atoms with E-state index in [1.807, 2.05) is 0 Å². The third kappa shape index (κ3) is 3.39. The molecule has 0 saturated heterocycles. The molecule has 1 aromatic carbocycles. The van der Waals surface area contributed by atoms with E-state index in [0.717, 1.165) is 6.42 Å². The molecule has 112 valence electrons. The largest absolute Gasteiger partial charge is 0.481 e. The lowest BCUT2D eigenvalue weighted by atomic mass is 9.95. The van der Waals surface area contributed by atoms with Crippen LogP contribution < -0.4 is 10.6 Å². The number of aliphatic carboxylic acids is 1. The van der Waals surface area contributed by atoms with Gasteiger partial charge in [0.15, 0.2) is 0 Å². The SMILES string of the molecule is CNC(=O)c1cccc(NC(=O)[C@@H]2CCC[C@@H]2C(=O)O)c1. The van der Waals surface area contributed by atoms with Gasteiger partial charge in [-0.2, -0.15) is 0 Å². The van der Waals surface area contributed by atoms with E-state index in [4.69, 9.17) is 5.11 Å². The first-order chi connectivity index (χ1) is 10.0. The summed E-state index contributed by atoms with van der Waals surface area (Å²) in [5, 5.41) is 14.3. The van der Waals surface area contributed by atoms with Gasteiger partial charge in [0.25, 0.3) is 5.91 Å². The molecule has 0 bridgehead atoms. The minimum atomic E-state index is -0.924. The fourth-order valence-electron chi connectivity index (χ4n) is 2.69. The predicted molar refractivity (Wildman–Crippen MR) is 76.9 cm³/mol. The zero-order valence-electron chi connectivity index (χ0n) is 11.8. The molecule has 1 aliphatic carbocycles. The molecule has 1 aliphatic rings. The minimum Gasteiger partial charge on any atom is -0.481 e. The van der Waals surface area contributed by atoms with Gasteiger partial charge in [-0.3, -0.25) is 14.4 Å². The van der Waals surface area contributed by atoms with Gasteiger partial charge in [0.05, 0.1) is 11.8 Å². The number of rotatable bonds is 4. The average Bonchev–Trinajstić information content (AvgIpc) is 2.96. The van der Waals surface area contributed by atoms with Gasteiger partial charge in [0.2, 0.25) is 5.91 Å². The van der Waals surface area contributed by atoms with E-state index >= 15 is 0 Å². The quantitative estimate of drug-likeness (QED) is 0.782. The molecule has 1 saturated carbocycles. The van der Waals surface area contributed by atoms with Gasteiger partial charge in [0.1, 0.15) is 0 Å². The van der Waals surface area contributed by atoms with E-state index in [0.29, 0.717) is 24.1 Å². The Bertz CT molecular complexity index is 571. The Labute approximate surface area is 122 Å². The van der Waals surface area contributed by atoms with Gasteiger partial charge in [-0.05, 0) is 31.0 Å². The molecule has 0 spiro atoms. The number of benzene rings is 1. The van der Waals surface area contributed by atoms with Crippen molar-refractivity contribution in [2.45, 2.75) is 19.3 Å². The number of hydrogen-bond acceptors (Lipinski definition) is 3. The van der Waals surface area contributed by atoms with Crippen molar-refractivity contribution in [1.29, 1.82) is 0 Å². The van der Waals surface area contributed by atoms with E-state index in [-0.39, 0.29) is 11.8 Å². The van der Waals surface area contributed by atoms with Crippen LogP contribution in [-0.4, -0.2) is 29.9 Å². The average molecular weight is 290 g/mol. The maximum Gasteiger partial charge on any atom is 0.307 e. The summed E-state index contributed by atoms with van der Waals surface area (Å²) in [6, 6.07) is 6.56. The van der Waals surface area contributed by atoms with Gasteiger partial charge in [-0.1, -0.05) is 12.5 Å². The summed E-state index contributed by atoms with van der Waals surface area (Å²) in [4.78, 5) is 34.9. The first-order valence-corrected chi connectivity index (χ1v) is 6.88. The first-order valence-electron chi connectivity index (χ1n) is 6.88. The predicted octanol–water partition coefficient (Wildman–Crippen LogP) is 1.49. The second kappa shape index (κ2) is 6.39. The summed E-state index contributed by atoms with van der Waals surface area (Å²) in [7, 11) is 1.53. The molecule has 1 aromatic rings. The topological polar surface area (TPSA) is 95.5 Å². The molecule has 0 aromatic heterocycles. The van der Waals surface area contributed by atoms with Crippen LogP contribution in [0.3, 0.4) is 0 Å². The molecular formula is C15H18N2O4. The molecule has 3 N–H and O–H groups in total. The molecule has 2 rings (SSSR count). The lowest BCUT2D eigenvalue weighted by molar-refractivity contribution is -0.145. The number of nitrogens with one attached hydrogen (secondary N) is 2. The summed E-state index contributed by atoms with van der Waals surface area (Å²) in [5.41, 5.74) is 0.939. The Morgan fingerprint density at radius 1 is 1.19 bits per heavy atom. The van der Waals surface area contributed by atoms with Crippen molar-refractivity contribution in [3.8, 4) is 0 Å². The van der Waals surface area contributed by atoms with Gasteiger partial charge in [-0.15, -0.1) is 0 Å². The molecule has 0 radical (unpaired) electrons. The second-order valence-corrected chi connectivity index (χ2v) is 5.13. The standard InChI is InChI=1S/C15H18N2O4/c1-16-13(18)9-4-2-5-10(8-9)17-14(19)11-6-3-7-12(11)15(20)21/h2,4-5,8,11-12H,3,6-7H2,1H3,(H,16,18)(H,17,19)(H,20,21)/t11-,12+/m1/s1. The number of hydrogen-bond donors (Lipinski definition) is 3. The molecule has 0 unspecified atom stereocenters. The minimum absolute atomic E-state index is 0.240. The molecule has 2 amide bonds. The number of carboxylic acid groups (broad SMARTS) is 1. The summed E-state index contributed by atoms with van der Waals surface area (Å²) in [6.07, 6.45) is 1.86.